The number of nitrogens with zero attached hydrogens (tertiary/aromatic N) is 4. The van der Waals surface area contributed by atoms with Crippen molar-refractivity contribution in [2.75, 3.05) is 6.26 Å². The monoisotopic (exact) mass is 316 g/mol. The molecule has 110 valence electrons. The predicted molar refractivity (Wildman–Crippen MR) is 64.2 cm³/mol. The molecule has 2 rings (SSSR count). The predicted octanol–water partition coefficient (Wildman–Crippen LogP) is 1.56. The van der Waals surface area contributed by atoms with Crippen molar-refractivity contribution in [3.63, 3.8) is 0 Å². The van der Waals surface area contributed by atoms with Crippen LogP contribution in [0, 0.1) is 11.3 Å². The Morgan fingerprint density at radius 3 is 2.48 bits per heavy atom. The summed E-state index contributed by atoms with van der Waals surface area (Å²) in [7, 11) is -3.71. The number of halogens is 3. The lowest BCUT2D eigenvalue weighted by atomic mass is 10.3. The second kappa shape index (κ2) is 4.85. The second-order valence-electron chi connectivity index (χ2n) is 4.08. The number of alkyl halides is 3. The van der Waals surface area contributed by atoms with Crippen LogP contribution in [0.15, 0.2) is 29.4 Å². The smallest absolute Gasteiger partial charge is 0.222 e. The van der Waals surface area contributed by atoms with Crippen LogP contribution >= 0.6 is 0 Å². The summed E-state index contributed by atoms with van der Waals surface area (Å²) in [6, 6.07) is 4.62. The molecule has 0 atom stereocenters. The van der Waals surface area contributed by atoms with Crippen LogP contribution in [0.25, 0.3) is 5.82 Å². The van der Waals surface area contributed by atoms with Crippen molar-refractivity contribution in [3.8, 4) is 11.9 Å². The fourth-order valence-electron chi connectivity index (χ4n) is 1.47. The van der Waals surface area contributed by atoms with Crippen LogP contribution < -0.4 is 0 Å². The third-order valence-corrected chi connectivity index (χ3v) is 3.38. The van der Waals surface area contributed by atoms with Crippen molar-refractivity contribution in [3.05, 3.63) is 35.7 Å². The number of hydrogen-bond acceptors (Lipinski definition) is 5. The first-order valence-corrected chi connectivity index (χ1v) is 7.26. The molecule has 0 aliphatic heterocycles. The maximum absolute atomic E-state index is 12.5. The highest BCUT2D eigenvalue weighted by Crippen LogP contribution is 2.27. The number of sulfone groups is 1. The first-order valence-electron chi connectivity index (χ1n) is 5.37. The Morgan fingerprint density at radius 2 is 2.00 bits per heavy atom. The van der Waals surface area contributed by atoms with E-state index in [1.807, 2.05) is 0 Å². The molecular formula is C11H7F3N4O2S. The van der Waals surface area contributed by atoms with Crippen molar-refractivity contribution in [1.29, 1.82) is 5.26 Å². The van der Waals surface area contributed by atoms with Crippen molar-refractivity contribution in [2.45, 2.75) is 11.2 Å². The molecule has 2 heterocycles. The summed E-state index contributed by atoms with van der Waals surface area (Å²) in [4.78, 5) is 3.71. The molecule has 0 bridgehead atoms. The molecule has 0 unspecified atom stereocenters. The highest BCUT2D eigenvalue weighted by molar-refractivity contribution is 7.90. The van der Waals surface area contributed by atoms with E-state index in [1.54, 1.807) is 6.07 Å². The van der Waals surface area contributed by atoms with Gasteiger partial charge in [-0.3, -0.25) is 0 Å². The van der Waals surface area contributed by atoms with Crippen molar-refractivity contribution >= 4 is 9.84 Å². The topological polar surface area (TPSA) is 88.6 Å². The van der Waals surface area contributed by atoms with E-state index in [0.717, 1.165) is 35.3 Å². The second-order valence-corrected chi connectivity index (χ2v) is 6.04. The van der Waals surface area contributed by atoms with E-state index in [4.69, 9.17) is 5.26 Å². The minimum absolute atomic E-state index is 0.0514. The SMILES string of the molecule is CS(=O)(=O)c1cc(C#N)cc(-n2ccc(C(F)(F)F)n2)n1. The standard InChI is InChI=1S/C11H7F3N4O2S/c1-21(19,20)10-5-7(6-15)4-9(16-10)18-3-2-8(17-18)11(12,13)14/h2-5H,1H3. The number of nitriles is 1. The maximum Gasteiger partial charge on any atom is 0.435 e. The Bertz CT molecular complexity index is 834. The molecule has 0 fully saturated rings. The molecule has 0 N–H and O–H groups in total. The Labute approximate surface area is 117 Å². The molecule has 0 aromatic carbocycles. The van der Waals surface area contributed by atoms with Gasteiger partial charge in [-0.05, 0) is 12.1 Å². The Kier molecular flexibility index (Phi) is 3.46. The summed E-state index contributed by atoms with van der Waals surface area (Å²) in [6.07, 6.45) is -2.76. The number of pyridine rings is 1. The Balaban J connectivity index is 2.59. The molecule has 6 nitrogen and oxygen atoms in total. The van der Waals surface area contributed by atoms with Gasteiger partial charge in [0, 0.05) is 18.5 Å². The Morgan fingerprint density at radius 1 is 1.33 bits per heavy atom. The zero-order chi connectivity index (χ0) is 15.8. The summed E-state index contributed by atoms with van der Waals surface area (Å²) in [5.41, 5.74) is -1.20. The van der Waals surface area contributed by atoms with Crippen LogP contribution in [0.3, 0.4) is 0 Å². The molecule has 2 aromatic heterocycles. The zero-order valence-electron chi connectivity index (χ0n) is 10.5. The van der Waals surface area contributed by atoms with Crippen molar-refractivity contribution < 1.29 is 21.6 Å². The van der Waals surface area contributed by atoms with Crippen LogP contribution in [0.1, 0.15) is 11.3 Å². The van der Waals surface area contributed by atoms with Crippen LogP contribution in [0.4, 0.5) is 13.2 Å². The fourth-order valence-corrected chi connectivity index (χ4v) is 2.07. The Hall–Kier alpha value is -2.41. The van der Waals surface area contributed by atoms with E-state index >= 15 is 0 Å². The summed E-state index contributed by atoms with van der Waals surface area (Å²) in [6.45, 7) is 0. The van der Waals surface area contributed by atoms with Gasteiger partial charge < -0.3 is 0 Å². The summed E-state index contributed by atoms with van der Waals surface area (Å²) in [5.74, 6) is -0.190. The molecule has 0 aliphatic rings. The van der Waals surface area contributed by atoms with Gasteiger partial charge in [-0.25, -0.2) is 18.1 Å². The number of aromatic nitrogens is 3. The average molecular weight is 316 g/mol. The molecule has 0 spiro atoms. The van der Waals surface area contributed by atoms with Crippen LogP contribution in [-0.2, 0) is 16.0 Å². The zero-order valence-corrected chi connectivity index (χ0v) is 11.3. The lowest BCUT2D eigenvalue weighted by Crippen LogP contribution is -2.09. The highest BCUT2D eigenvalue weighted by atomic mass is 32.2. The minimum atomic E-state index is -4.63. The minimum Gasteiger partial charge on any atom is -0.222 e. The first kappa shape index (κ1) is 15.0. The van der Waals surface area contributed by atoms with Gasteiger partial charge in [-0.1, -0.05) is 0 Å². The van der Waals surface area contributed by atoms with Crippen molar-refractivity contribution in [1.82, 2.24) is 14.8 Å². The molecule has 0 saturated heterocycles. The van der Waals surface area contributed by atoms with Crippen LogP contribution in [0.2, 0.25) is 0 Å². The van der Waals surface area contributed by atoms with E-state index in [0.29, 0.717) is 0 Å². The van der Waals surface area contributed by atoms with E-state index in [-0.39, 0.29) is 11.4 Å². The quantitative estimate of drug-likeness (QED) is 0.839. The van der Waals surface area contributed by atoms with Crippen molar-refractivity contribution in [2.24, 2.45) is 0 Å². The van der Waals surface area contributed by atoms with Gasteiger partial charge in [0.15, 0.2) is 26.4 Å². The van der Waals surface area contributed by atoms with Gasteiger partial charge in [-0.15, -0.1) is 0 Å². The third kappa shape index (κ3) is 3.19. The van der Waals surface area contributed by atoms with Crippen LogP contribution in [-0.4, -0.2) is 29.4 Å². The number of hydrogen-bond donors (Lipinski definition) is 0. The number of rotatable bonds is 2. The van der Waals surface area contributed by atoms with Gasteiger partial charge in [-0.2, -0.15) is 23.5 Å². The maximum atomic E-state index is 12.5. The normalized spacial score (nSPS) is 12.1. The van der Waals surface area contributed by atoms with Gasteiger partial charge >= 0.3 is 6.18 Å². The molecule has 0 aliphatic carbocycles. The molecule has 2 aromatic rings. The van der Waals surface area contributed by atoms with E-state index in [2.05, 4.69) is 10.1 Å². The molecule has 0 saturated carbocycles. The van der Waals surface area contributed by atoms with Crippen LogP contribution in [0.5, 0.6) is 0 Å². The summed E-state index contributed by atoms with van der Waals surface area (Å²) < 4.78 is 61.2. The summed E-state index contributed by atoms with van der Waals surface area (Å²) in [5, 5.41) is 11.7. The molecule has 0 amide bonds. The van der Waals surface area contributed by atoms with Gasteiger partial charge in [0.1, 0.15) is 0 Å². The van der Waals surface area contributed by atoms with Gasteiger partial charge in [0.25, 0.3) is 0 Å². The lowest BCUT2D eigenvalue weighted by molar-refractivity contribution is -0.141. The molecular weight excluding hydrogens is 309 g/mol. The first-order chi connectivity index (χ1) is 9.61. The van der Waals surface area contributed by atoms with E-state index in [9.17, 15) is 21.6 Å². The van der Waals surface area contributed by atoms with E-state index < -0.39 is 26.7 Å². The highest BCUT2D eigenvalue weighted by Gasteiger charge is 2.33. The fraction of sp³-hybridized carbons (Fsp3) is 0.182. The molecule has 0 radical (unpaired) electrons. The average Bonchev–Trinajstić information content (AvgIpc) is 2.86. The van der Waals surface area contributed by atoms with Gasteiger partial charge in [0.2, 0.25) is 0 Å². The largest absolute Gasteiger partial charge is 0.435 e. The lowest BCUT2D eigenvalue weighted by Gasteiger charge is -2.05. The van der Waals surface area contributed by atoms with Gasteiger partial charge in [0.05, 0.1) is 11.6 Å². The third-order valence-electron chi connectivity index (χ3n) is 2.41. The molecule has 10 heteroatoms. The summed E-state index contributed by atoms with van der Waals surface area (Å²) >= 11 is 0. The molecule has 21 heavy (non-hydrogen) atoms. The van der Waals surface area contributed by atoms with E-state index in [1.165, 1.54) is 0 Å².